The van der Waals surface area contributed by atoms with Crippen LogP contribution in [0.15, 0.2) is 18.3 Å². The van der Waals surface area contributed by atoms with Gasteiger partial charge in [-0.15, -0.1) is 0 Å². The second-order valence-corrected chi connectivity index (χ2v) is 6.39. The molecule has 1 N–H and O–H groups in total. The minimum Gasteiger partial charge on any atom is -0.494 e. The first-order valence-corrected chi connectivity index (χ1v) is 7.57. The molecule has 0 spiro atoms. The molecule has 0 atom stereocenters. The van der Waals surface area contributed by atoms with E-state index in [0.29, 0.717) is 17.9 Å². The minimum atomic E-state index is -0.523. The van der Waals surface area contributed by atoms with Gasteiger partial charge in [0.25, 0.3) is 0 Å². The van der Waals surface area contributed by atoms with Gasteiger partial charge in [0.1, 0.15) is 18.1 Å². The predicted octanol–water partition coefficient (Wildman–Crippen LogP) is 2.74. The number of nitrogens with zero attached hydrogens (tertiary/aromatic N) is 2. The molecule has 0 fully saturated rings. The van der Waals surface area contributed by atoms with Crippen LogP contribution in [0, 0.1) is 5.41 Å². The second kappa shape index (κ2) is 7.55. The molecular formula is C17H23N3O4. The lowest BCUT2D eigenvalue weighted by Gasteiger charge is -2.17. The van der Waals surface area contributed by atoms with Crippen molar-refractivity contribution in [2.24, 2.45) is 5.41 Å². The van der Waals surface area contributed by atoms with E-state index in [1.807, 2.05) is 32.9 Å². The number of ether oxygens (including phenoxy) is 3. The molecule has 2 aromatic rings. The molecular weight excluding hydrogens is 310 g/mol. The van der Waals surface area contributed by atoms with Crippen molar-refractivity contribution in [3.63, 3.8) is 0 Å². The van der Waals surface area contributed by atoms with E-state index < -0.39 is 5.41 Å². The fourth-order valence-corrected chi connectivity index (χ4v) is 2.00. The number of carbonyl (C=O) groups excluding carboxylic acids is 1. The van der Waals surface area contributed by atoms with E-state index in [4.69, 9.17) is 14.2 Å². The molecule has 7 heteroatoms. The van der Waals surface area contributed by atoms with E-state index in [2.05, 4.69) is 15.3 Å². The fourth-order valence-electron chi connectivity index (χ4n) is 2.00. The van der Waals surface area contributed by atoms with Gasteiger partial charge in [0, 0.05) is 24.1 Å². The average molecular weight is 333 g/mol. The van der Waals surface area contributed by atoms with Gasteiger partial charge in [-0.3, -0.25) is 10.1 Å². The molecule has 130 valence electrons. The van der Waals surface area contributed by atoms with Crippen LogP contribution >= 0.6 is 0 Å². The Hall–Kier alpha value is -2.25. The zero-order valence-corrected chi connectivity index (χ0v) is 14.7. The fraction of sp³-hybridized carbons (Fsp3) is 0.471. The molecule has 7 nitrogen and oxygen atoms in total. The maximum Gasteiger partial charge on any atom is 0.232 e. The van der Waals surface area contributed by atoms with Crippen LogP contribution in [-0.2, 0) is 20.9 Å². The molecule has 0 bridgehead atoms. The Bertz CT molecular complexity index is 726. The Morgan fingerprint density at radius 1 is 1.25 bits per heavy atom. The van der Waals surface area contributed by atoms with Crippen molar-refractivity contribution >= 4 is 22.8 Å². The van der Waals surface area contributed by atoms with Gasteiger partial charge in [-0.1, -0.05) is 20.8 Å². The van der Waals surface area contributed by atoms with Crippen molar-refractivity contribution in [3.8, 4) is 5.75 Å². The highest BCUT2D eigenvalue weighted by atomic mass is 16.7. The molecule has 24 heavy (non-hydrogen) atoms. The zero-order valence-electron chi connectivity index (χ0n) is 14.7. The quantitative estimate of drug-likeness (QED) is 0.646. The number of methoxy groups -OCH3 is 2. The third-order valence-electron chi connectivity index (χ3n) is 3.30. The number of rotatable bonds is 6. The minimum absolute atomic E-state index is 0.148. The molecule has 0 saturated carbocycles. The van der Waals surface area contributed by atoms with Crippen LogP contribution in [-0.4, -0.2) is 36.9 Å². The van der Waals surface area contributed by atoms with Crippen molar-refractivity contribution in [3.05, 3.63) is 23.9 Å². The van der Waals surface area contributed by atoms with E-state index in [9.17, 15) is 4.79 Å². The van der Waals surface area contributed by atoms with Gasteiger partial charge >= 0.3 is 0 Å². The van der Waals surface area contributed by atoms with Crippen molar-refractivity contribution in [1.29, 1.82) is 0 Å². The highest BCUT2D eigenvalue weighted by molar-refractivity contribution is 5.94. The second-order valence-electron chi connectivity index (χ2n) is 6.39. The van der Waals surface area contributed by atoms with E-state index in [-0.39, 0.29) is 18.6 Å². The summed E-state index contributed by atoms with van der Waals surface area (Å²) in [4.78, 5) is 20.7. The normalized spacial score (nSPS) is 11.5. The summed E-state index contributed by atoms with van der Waals surface area (Å²) >= 11 is 0. The number of nitrogens with one attached hydrogen (secondary N) is 1. The van der Waals surface area contributed by atoms with Crippen molar-refractivity contribution in [2.45, 2.75) is 27.4 Å². The third kappa shape index (κ3) is 4.39. The smallest absolute Gasteiger partial charge is 0.232 e. The number of aromatic nitrogens is 2. The van der Waals surface area contributed by atoms with Crippen LogP contribution in [0.25, 0.3) is 10.9 Å². The molecule has 2 rings (SSSR count). The standard InChI is InChI=1S/C17H23N3O4/c1-17(2,3)15(21)20-16-18-8-12-6-11(9-24-10-22-4)7-13(23-5)14(12)19-16/h6-8H,9-10H2,1-5H3,(H,18,19,20,21). The molecule has 1 heterocycles. The molecule has 1 aromatic carbocycles. The van der Waals surface area contributed by atoms with E-state index >= 15 is 0 Å². The first kappa shape index (κ1) is 18.1. The van der Waals surface area contributed by atoms with Crippen molar-refractivity contribution in [1.82, 2.24) is 9.97 Å². The number of amides is 1. The summed E-state index contributed by atoms with van der Waals surface area (Å²) in [5.74, 6) is 0.701. The van der Waals surface area contributed by atoms with E-state index in [1.54, 1.807) is 20.4 Å². The van der Waals surface area contributed by atoms with Gasteiger partial charge in [0.15, 0.2) is 0 Å². The predicted molar refractivity (Wildman–Crippen MR) is 90.8 cm³/mol. The summed E-state index contributed by atoms with van der Waals surface area (Å²) in [6.45, 7) is 6.10. The Balaban J connectivity index is 2.31. The topological polar surface area (TPSA) is 82.6 Å². The summed E-state index contributed by atoms with van der Waals surface area (Å²) in [5.41, 5.74) is 1.03. The number of hydrogen-bond donors (Lipinski definition) is 1. The molecule has 0 unspecified atom stereocenters. The molecule has 0 aliphatic carbocycles. The van der Waals surface area contributed by atoms with Crippen LogP contribution in [0.3, 0.4) is 0 Å². The number of hydrogen-bond acceptors (Lipinski definition) is 6. The molecule has 0 aliphatic heterocycles. The molecule has 0 radical (unpaired) electrons. The molecule has 0 saturated heterocycles. The summed E-state index contributed by atoms with van der Waals surface area (Å²) in [7, 11) is 3.15. The van der Waals surface area contributed by atoms with Crippen LogP contribution < -0.4 is 10.1 Å². The molecule has 1 amide bonds. The summed E-state index contributed by atoms with van der Waals surface area (Å²) in [5, 5.41) is 3.53. The lowest BCUT2D eigenvalue weighted by molar-refractivity contribution is -0.123. The summed E-state index contributed by atoms with van der Waals surface area (Å²) in [6, 6.07) is 3.77. The Kier molecular flexibility index (Phi) is 5.69. The van der Waals surface area contributed by atoms with Gasteiger partial charge in [0.2, 0.25) is 11.9 Å². The van der Waals surface area contributed by atoms with E-state index in [0.717, 1.165) is 10.9 Å². The van der Waals surface area contributed by atoms with Gasteiger partial charge in [0.05, 0.1) is 13.7 Å². The van der Waals surface area contributed by atoms with E-state index in [1.165, 1.54) is 0 Å². The van der Waals surface area contributed by atoms with Crippen LogP contribution in [0.1, 0.15) is 26.3 Å². The lowest BCUT2D eigenvalue weighted by atomic mass is 9.96. The highest BCUT2D eigenvalue weighted by Gasteiger charge is 2.22. The Morgan fingerprint density at radius 3 is 2.62 bits per heavy atom. The number of anilines is 1. The van der Waals surface area contributed by atoms with Crippen molar-refractivity contribution < 1.29 is 19.0 Å². The summed E-state index contributed by atoms with van der Waals surface area (Å²) < 4.78 is 15.6. The third-order valence-corrected chi connectivity index (χ3v) is 3.30. The first-order valence-electron chi connectivity index (χ1n) is 7.57. The number of benzene rings is 1. The van der Waals surface area contributed by atoms with Gasteiger partial charge in [-0.05, 0) is 17.7 Å². The maximum atomic E-state index is 12.1. The SMILES string of the molecule is COCOCc1cc(OC)c2nc(NC(=O)C(C)(C)C)ncc2c1. The van der Waals surface area contributed by atoms with Crippen molar-refractivity contribution in [2.75, 3.05) is 26.3 Å². The lowest BCUT2D eigenvalue weighted by Crippen LogP contribution is -2.28. The Morgan fingerprint density at radius 2 is 2.00 bits per heavy atom. The largest absolute Gasteiger partial charge is 0.494 e. The Labute approximate surface area is 141 Å². The number of fused-ring (bicyclic) bond motifs is 1. The van der Waals surface area contributed by atoms with Crippen LogP contribution in [0.2, 0.25) is 0 Å². The maximum absolute atomic E-state index is 12.1. The zero-order chi connectivity index (χ0) is 17.7. The van der Waals surface area contributed by atoms with Crippen LogP contribution in [0.4, 0.5) is 5.95 Å². The van der Waals surface area contributed by atoms with Gasteiger partial charge in [-0.2, -0.15) is 0 Å². The highest BCUT2D eigenvalue weighted by Crippen LogP contribution is 2.27. The molecule has 1 aromatic heterocycles. The summed E-state index contributed by atoms with van der Waals surface area (Å²) in [6.07, 6.45) is 1.66. The molecule has 0 aliphatic rings. The first-order chi connectivity index (χ1) is 11.3. The van der Waals surface area contributed by atoms with Crippen LogP contribution in [0.5, 0.6) is 5.75 Å². The number of carbonyl (C=O) groups is 1. The monoisotopic (exact) mass is 333 g/mol. The average Bonchev–Trinajstić information content (AvgIpc) is 2.53. The van der Waals surface area contributed by atoms with Gasteiger partial charge < -0.3 is 14.2 Å². The van der Waals surface area contributed by atoms with Gasteiger partial charge in [-0.25, -0.2) is 9.97 Å².